The third-order valence-corrected chi connectivity index (χ3v) is 4.34. The molecule has 0 radical (unpaired) electrons. The van der Waals surface area contributed by atoms with Gasteiger partial charge < -0.3 is 9.15 Å². The number of methoxy groups -OCH3 is 1. The summed E-state index contributed by atoms with van der Waals surface area (Å²) in [6, 6.07) is 19.5. The van der Waals surface area contributed by atoms with Crippen molar-refractivity contribution in [3.8, 4) is 34.4 Å². The predicted octanol–water partition coefficient (Wildman–Crippen LogP) is 4.95. The highest BCUT2D eigenvalue weighted by Crippen LogP contribution is 2.34. The Morgan fingerprint density at radius 2 is 1.86 bits per heavy atom. The first kappa shape index (κ1) is 17.2. The van der Waals surface area contributed by atoms with E-state index in [1.54, 1.807) is 24.3 Å². The van der Waals surface area contributed by atoms with Gasteiger partial charge >= 0.3 is 5.69 Å². The Morgan fingerprint density at radius 3 is 2.61 bits per heavy atom. The van der Waals surface area contributed by atoms with E-state index in [0.717, 1.165) is 11.1 Å². The molecule has 4 rings (SSSR count). The summed E-state index contributed by atoms with van der Waals surface area (Å²) in [6.07, 6.45) is 0. The maximum Gasteiger partial charge on any atom is 0.311 e. The van der Waals surface area contributed by atoms with E-state index in [-0.39, 0.29) is 17.3 Å². The van der Waals surface area contributed by atoms with Crippen LogP contribution in [0.2, 0.25) is 0 Å². The lowest BCUT2D eigenvalue weighted by Crippen LogP contribution is -1.94. The number of hydrogen-bond acceptors (Lipinski definition) is 6. The Hall–Kier alpha value is -4.18. The van der Waals surface area contributed by atoms with E-state index in [1.807, 2.05) is 24.3 Å². The van der Waals surface area contributed by atoms with E-state index in [4.69, 9.17) is 14.4 Å². The first-order valence-electron chi connectivity index (χ1n) is 8.33. The summed E-state index contributed by atoms with van der Waals surface area (Å²) in [7, 11) is 1.38. The molecule has 0 aliphatic rings. The molecule has 7 heteroatoms. The number of aromatic nitrogens is 1. The lowest BCUT2D eigenvalue weighted by Gasteiger charge is -2.02. The van der Waals surface area contributed by atoms with Gasteiger partial charge in [0, 0.05) is 11.6 Å². The van der Waals surface area contributed by atoms with Crippen LogP contribution in [0, 0.1) is 21.4 Å². The normalized spacial score (nSPS) is 10.6. The van der Waals surface area contributed by atoms with Crippen LogP contribution < -0.4 is 4.74 Å². The second-order valence-corrected chi connectivity index (χ2v) is 6.04. The van der Waals surface area contributed by atoms with Crippen molar-refractivity contribution in [3.05, 3.63) is 76.3 Å². The molecular formula is C21H13N3O4. The SMILES string of the molecule is COc1ccc(-c2nc3cc(-c4cccc(C#N)c4)ccc3o2)cc1[N+](=O)[O-]. The molecule has 4 aromatic rings. The van der Waals surface area contributed by atoms with Gasteiger partial charge in [-0.05, 0) is 47.5 Å². The second kappa shape index (κ2) is 6.85. The van der Waals surface area contributed by atoms with E-state index in [2.05, 4.69) is 11.1 Å². The van der Waals surface area contributed by atoms with Gasteiger partial charge in [-0.25, -0.2) is 4.98 Å². The van der Waals surface area contributed by atoms with Crippen molar-refractivity contribution in [1.82, 2.24) is 4.98 Å². The summed E-state index contributed by atoms with van der Waals surface area (Å²) < 4.78 is 10.8. The van der Waals surface area contributed by atoms with E-state index in [1.165, 1.54) is 19.2 Å². The number of nitro groups is 1. The molecule has 0 spiro atoms. The van der Waals surface area contributed by atoms with Crippen LogP contribution in [-0.4, -0.2) is 17.0 Å². The fourth-order valence-corrected chi connectivity index (χ4v) is 2.96. The van der Waals surface area contributed by atoms with Gasteiger partial charge in [-0.3, -0.25) is 10.1 Å². The van der Waals surface area contributed by atoms with Crippen LogP contribution in [0.4, 0.5) is 5.69 Å². The second-order valence-electron chi connectivity index (χ2n) is 6.04. The summed E-state index contributed by atoms with van der Waals surface area (Å²) in [5.41, 5.74) is 3.87. The molecule has 0 amide bonds. The van der Waals surface area contributed by atoms with Gasteiger partial charge in [0.25, 0.3) is 0 Å². The average Bonchev–Trinajstić information content (AvgIpc) is 3.16. The standard InChI is InChI=1S/C21H13N3O4/c1-27-20-8-6-16(11-18(20)24(25)26)21-23-17-10-15(5-7-19(17)28-21)14-4-2-3-13(9-14)12-22/h2-11H,1H3. The van der Waals surface area contributed by atoms with Gasteiger partial charge in [0.05, 0.1) is 23.7 Å². The summed E-state index contributed by atoms with van der Waals surface area (Å²) in [6.45, 7) is 0. The van der Waals surface area contributed by atoms with Crippen molar-refractivity contribution in [1.29, 1.82) is 5.26 Å². The molecule has 7 nitrogen and oxygen atoms in total. The minimum atomic E-state index is -0.509. The lowest BCUT2D eigenvalue weighted by atomic mass is 10.0. The van der Waals surface area contributed by atoms with Crippen molar-refractivity contribution in [3.63, 3.8) is 0 Å². The van der Waals surface area contributed by atoms with Crippen LogP contribution in [0.1, 0.15) is 5.56 Å². The maximum absolute atomic E-state index is 11.2. The number of ether oxygens (including phenoxy) is 1. The predicted molar refractivity (Wildman–Crippen MR) is 103 cm³/mol. The third-order valence-electron chi connectivity index (χ3n) is 4.34. The van der Waals surface area contributed by atoms with Crippen molar-refractivity contribution in [2.75, 3.05) is 7.11 Å². The third kappa shape index (κ3) is 3.04. The van der Waals surface area contributed by atoms with Crippen LogP contribution in [0.25, 0.3) is 33.7 Å². The first-order valence-corrected chi connectivity index (χ1v) is 8.33. The molecule has 0 bridgehead atoms. The largest absolute Gasteiger partial charge is 0.490 e. The number of hydrogen-bond donors (Lipinski definition) is 0. The van der Waals surface area contributed by atoms with Gasteiger partial charge in [-0.15, -0.1) is 0 Å². The van der Waals surface area contributed by atoms with Gasteiger partial charge in [-0.2, -0.15) is 5.26 Å². The summed E-state index contributed by atoms with van der Waals surface area (Å²) in [5, 5.41) is 20.3. The Morgan fingerprint density at radius 1 is 1.07 bits per heavy atom. The molecule has 0 unspecified atom stereocenters. The maximum atomic E-state index is 11.2. The number of nitriles is 1. The Labute approximate surface area is 159 Å². The molecule has 0 saturated carbocycles. The minimum absolute atomic E-state index is 0.156. The van der Waals surface area contributed by atoms with Crippen molar-refractivity contribution >= 4 is 16.8 Å². The number of rotatable bonds is 4. The van der Waals surface area contributed by atoms with Crippen molar-refractivity contribution in [2.24, 2.45) is 0 Å². The summed E-state index contributed by atoms with van der Waals surface area (Å²) >= 11 is 0. The van der Waals surface area contributed by atoms with Crippen LogP contribution in [0.5, 0.6) is 5.75 Å². The van der Waals surface area contributed by atoms with Crippen molar-refractivity contribution in [2.45, 2.75) is 0 Å². The highest BCUT2D eigenvalue weighted by atomic mass is 16.6. The zero-order valence-electron chi connectivity index (χ0n) is 14.7. The Balaban J connectivity index is 1.78. The van der Waals surface area contributed by atoms with Crippen LogP contribution in [0.15, 0.2) is 65.1 Å². The minimum Gasteiger partial charge on any atom is -0.490 e. The monoisotopic (exact) mass is 371 g/mol. The topological polar surface area (TPSA) is 102 Å². The molecule has 0 aliphatic heterocycles. The number of nitro benzene ring substituents is 1. The van der Waals surface area contributed by atoms with Gasteiger partial charge in [0.15, 0.2) is 11.3 Å². The van der Waals surface area contributed by atoms with Gasteiger partial charge in [0.2, 0.25) is 5.89 Å². The first-order chi connectivity index (χ1) is 13.6. The summed E-state index contributed by atoms with van der Waals surface area (Å²) in [4.78, 5) is 15.2. The fraction of sp³-hybridized carbons (Fsp3) is 0.0476. The number of benzene rings is 3. The molecule has 28 heavy (non-hydrogen) atoms. The quantitative estimate of drug-likeness (QED) is 0.371. The zero-order chi connectivity index (χ0) is 19.7. The van der Waals surface area contributed by atoms with Gasteiger partial charge in [-0.1, -0.05) is 18.2 Å². The molecule has 3 aromatic carbocycles. The Kier molecular flexibility index (Phi) is 4.22. The molecule has 0 atom stereocenters. The van der Waals surface area contributed by atoms with Crippen LogP contribution in [-0.2, 0) is 0 Å². The molecular weight excluding hydrogens is 358 g/mol. The average molecular weight is 371 g/mol. The van der Waals surface area contributed by atoms with E-state index < -0.39 is 4.92 Å². The molecule has 0 aliphatic carbocycles. The van der Waals surface area contributed by atoms with E-state index in [9.17, 15) is 10.1 Å². The Bertz CT molecular complexity index is 1250. The highest BCUT2D eigenvalue weighted by molar-refractivity contribution is 5.83. The molecule has 0 saturated heterocycles. The smallest absolute Gasteiger partial charge is 0.311 e. The molecule has 1 heterocycles. The lowest BCUT2D eigenvalue weighted by molar-refractivity contribution is -0.385. The van der Waals surface area contributed by atoms with Crippen LogP contribution in [0.3, 0.4) is 0 Å². The fourth-order valence-electron chi connectivity index (χ4n) is 2.96. The molecule has 0 N–H and O–H groups in total. The molecule has 1 aromatic heterocycles. The van der Waals surface area contributed by atoms with E-state index in [0.29, 0.717) is 22.2 Å². The number of oxazole rings is 1. The van der Waals surface area contributed by atoms with Gasteiger partial charge in [0.1, 0.15) is 5.52 Å². The van der Waals surface area contributed by atoms with Crippen LogP contribution >= 0.6 is 0 Å². The molecule has 0 fully saturated rings. The van der Waals surface area contributed by atoms with Crippen molar-refractivity contribution < 1.29 is 14.1 Å². The zero-order valence-corrected chi connectivity index (χ0v) is 14.7. The molecule has 136 valence electrons. The number of nitrogens with zero attached hydrogens (tertiary/aromatic N) is 3. The summed E-state index contributed by atoms with van der Waals surface area (Å²) in [5.74, 6) is 0.452. The highest BCUT2D eigenvalue weighted by Gasteiger charge is 2.18. The van der Waals surface area contributed by atoms with E-state index >= 15 is 0 Å². The number of fused-ring (bicyclic) bond motifs is 1.